The van der Waals surface area contributed by atoms with Crippen LogP contribution in [0, 0.1) is 0 Å². The maximum Gasteiger partial charge on any atom is 0.260 e. The van der Waals surface area contributed by atoms with Crippen LogP contribution in [0.5, 0.6) is 0 Å². The highest BCUT2D eigenvalue weighted by atomic mass is 32.2. The average molecular weight is 284 g/mol. The molecule has 2 heterocycles. The van der Waals surface area contributed by atoms with Gasteiger partial charge in [-0.05, 0) is 12.1 Å². The molecular formula is C11H16N4O3S. The van der Waals surface area contributed by atoms with Crippen molar-refractivity contribution in [3.63, 3.8) is 0 Å². The number of aromatic nitrogens is 2. The first kappa shape index (κ1) is 13.8. The lowest BCUT2D eigenvalue weighted by molar-refractivity contribution is 0.374. The molecule has 0 radical (unpaired) electrons. The summed E-state index contributed by atoms with van der Waals surface area (Å²) < 4.78 is 31.5. The van der Waals surface area contributed by atoms with E-state index in [2.05, 4.69) is 10.2 Å². The Morgan fingerprint density at radius 1 is 1.53 bits per heavy atom. The van der Waals surface area contributed by atoms with E-state index in [1.807, 2.05) is 0 Å². The average Bonchev–Trinajstić information content (AvgIpc) is 3.06. The van der Waals surface area contributed by atoms with Gasteiger partial charge in [0.05, 0.1) is 19.0 Å². The summed E-state index contributed by atoms with van der Waals surface area (Å²) >= 11 is 0. The number of nitrogens with one attached hydrogen (secondary N) is 1. The van der Waals surface area contributed by atoms with E-state index in [9.17, 15) is 8.42 Å². The van der Waals surface area contributed by atoms with E-state index < -0.39 is 10.0 Å². The van der Waals surface area contributed by atoms with Crippen LogP contribution in [0.15, 0.2) is 34.0 Å². The highest BCUT2D eigenvalue weighted by Crippen LogP contribution is 2.19. The summed E-state index contributed by atoms with van der Waals surface area (Å²) in [4.78, 5) is 0. The van der Waals surface area contributed by atoms with Gasteiger partial charge in [0.1, 0.15) is 5.76 Å². The number of hydrogen-bond donors (Lipinski definition) is 2. The lowest BCUT2D eigenvalue weighted by atomic mass is 10.4. The molecule has 3 N–H and O–H groups in total. The van der Waals surface area contributed by atoms with Crippen LogP contribution in [0.2, 0.25) is 0 Å². The molecular weight excluding hydrogens is 268 g/mol. The highest BCUT2D eigenvalue weighted by Gasteiger charge is 2.27. The molecule has 8 heteroatoms. The first-order valence-electron chi connectivity index (χ1n) is 5.84. The third-order valence-electron chi connectivity index (χ3n) is 2.76. The molecule has 0 unspecified atom stereocenters. The number of furan rings is 1. The molecule has 0 aliphatic heterocycles. The van der Waals surface area contributed by atoms with Gasteiger partial charge >= 0.3 is 0 Å². The molecule has 0 aliphatic rings. The summed E-state index contributed by atoms with van der Waals surface area (Å²) in [5.41, 5.74) is 5.98. The fourth-order valence-electron chi connectivity index (χ4n) is 1.74. The zero-order valence-corrected chi connectivity index (χ0v) is 11.4. The minimum absolute atomic E-state index is 0.0448. The van der Waals surface area contributed by atoms with Crippen LogP contribution in [0.4, 0.5) is 0 Å². The van der Waals surface area contributed by atoms with Gasteiger partial charge in [-0.15, -0.1) is 0 Å². The number of nitrogens with zero attached hydrogens (tertiary/aromatic N) is 2. The molecule has 104 valence electrons. The maximum atomic E-state index is 12.5. The van der Waals surface area contributed by atoms with Crippen molar-refractivity contribution in [3.8, 4) is 0 Å². The lowest BCUT2D eigenvalue weighted by Gasteiger charge is -2.18. The Hall–Kier alpha value is -1.64. The minimum Gasteiger partial charge on any atom is -0.468 e. The molecule has 19 heavy (non-hydrogen) atoms. The van der Waals surface area contributed by atoms with E-state index in [1.54, 1.807) is 19.1 Å². The monoisotopic (exact) mass is 284 g/mol. The van der Waals surface area contributed by atoms with Crippen LogP contribution in [0.25, 0.3) is 0 Å². The van der Waals surface area contributed by atoms with Crippen molar-refractivity contribution in [2.75, 3.05) is 6.54 Å². The number of sulfonamides is 1. The zero-order chi connectivity index (χ0) is 13.9. The molecule has 7 nitrogen and oxygen atoms in total. The molecule has 0 atom stereocenters. The summed E-state index contributed by atoms with van der Waals surface area (Å²) in [6, 6.07) is 3.45. The smallest absolute Gasteiger partial charge is 0.260 e. The van der Waals surface area contributed by atoms with Crippen molar-refractivity contribution in [2.45, 2.75) is 25.0 Å². The second kappa shape index (κ2) is 5.55. The molecule has 2 rings (SSSR count). The molecule has 2 aromatic heterocycles. The van der Waals surface area contributed by atoms with Crippen LogP contribution in [0.1, 0.15) is 18.2 Å². The zero-order valence-electron chi connectivity index (χ0n) is 10.5. The van der Waals surface area contributed by atoms with Gasteiger partial charge in [0.2, 0.25) is 0 Å². The minimum atomic E-state index is -3.65. The number of aromatic amines is 1. The van der Waals surface area contributed by atoms with E-state index in [0.717, 1.165) is 0 Å². The van der Waals surface area contributed by atoms with Crippen molar-refractivity contribution >= 4 is 10.0 Å². The Balaban J connectivity index is 2.31. The SMILES string of the molecule is CCN(Cc1ccco1)S(=O)(=O)c1[nH]ncc1CN. The van der Waals surface area contributed by atoms with E-state index in [1.165, 1.54) is 16.8 Å². The summed E-state index contributed by atoms with van der Waals surface area (Å²) in [7, 11) is -3.65. The van der Waals surface area contributed by atoms with Gasteiger partial charge in [-0.2, -0.15) is 9.40 Å². The molecule has 0 aromatic carbocycles. The summed E-state index contributed by atoms with van der Waals surface area (Å²) in [5.74, 6) is 0.583. The van der Waals surface area contributed by atoms with Crippen molar-refractivity contribution in [2.24, 2.45) is 5.73 Å². The third kappa shape index (κ3) is 2.70. The normalized spacial score (nSPS) is 12.2. The molecule has 0 fully saturated rings. The Labute approximate surface area is 111 Å². The van der Waals surface area contributed by atoms with Crippen molar-refractivity contribution in [1.82, 2.24) is 14.5 Å². The Morgan fingerprint density at radius 2 is 2.32 bits per heavy atom. The predicted octanol–water partition coefficient (Wildman–Crippen LogP) is 0.672. The molecule has 0 saturated heterocycles. The standard InChI is InChI=1S/C11H16N4O3S/c1-2-15(8-10-4-3-5-18-10)19(16,17)11-9(6-12)7-13-14-11/h3-5,7H,2,6,8,12H2,1H3,(H,13,14). The van der Waals surface area contributed by atoms with Crippen LogP contribution in [-0.2, 0) is 23.1 Å². The number of H-pyrrole nitrogens is 1. The number of nitrogens with two attached hydrogens (primary N) is 1. The van der Waals surface area contributed by atoms with Gasteiger partial charge in [-0.3, -0.25) is 5.10 Å². The van der Waals surface area contributed by atoms with Gasteiger partial charge in [-0.1, -0.05) is 6.92 Å². The van der Waals surface area contributed by atoms with Crippen LogP contribution >= 0.6 is 0 Å². The Bertz CT molecular complexity index is 618. The fraction of sp³-hybridized carbons (Fsp3) is 0.364. The van der Waals surface area contributed by atoms with Gasteiger partial charge in [0.25, 0.3) is 10.0 Å². The first-order valence-corrected chi connectivity index (χ1v) is 7.28. The summed E-state index contributed by atoms with van der Waals surface area (Å²) in [6.07, 6.45) is 2.94. The van der Waals surface area contributed by atoms with Crippen molar-refractivity contribution in [3.05, 3.63) is 35.9 Å². The first-order chi connectivity index (χ1) is 9.09. The molecule has 2 aromatic rings. The lowest BCUT2D eigenvalue weighted by Crippen LogP contribution is -2.31. The molecule has 0 saturated carbocycles. The van der Waals surface area contributed by atoms with E-state index in [4.69, 9.17) is 10.2 Å². The predicted molar refractivity (Wildman–Crippen MR) is 68.5 cm³/mol. The third-order valence-corrected chi connectivity index (χ3v) is 4.70. The van der Waals surface area contributed by atoms with Crippen LogP contribution < -0.4 is 5.73 Å². The fourth-order valence-corrected chi connectivity index (χ4v) is 3.27. The molecule has 0 amide bonds. The summed E-state index contributed by atoms with van der Waals surface area (Å²) in [5, 5.41) is 6.28. The van der Waals surface area contributed by atoms with Crippen molar-refractivity contribution < 1.29 is 12.8 Å². The van der Waals surface area contributed by atoms with Gasteiger partial charge < -0.3 is 10.2 Å². The quantitative estimate of drug-likeness (QED) is 0.811. The van der Waals surface area contributed by atoms with E-state index >= 15 is 0 Å². The van der Waals surface area contributed by atoms with Crippen molar-refractivity contribution in [1.29, 1.82) is 0 Å². The Morgan fingerprint density at radius 3 is 2.89 bits per heavy atom. The Kier molecular flexibility index (Phi) is 4.03. The maximum absolute atomic E-state index is 12.5. The highest BCUT2D eigenvalue weighted by molar-refractivity contribution is 7.89. The van der Waals surface area contributed by atoms with Gasteiger partial charge in [-0.25, -0.2) is 8.42 Å². The molecule has 0 bridgehead atoms. The number of hydrogen-bond acceptors (Lipinski definition) is 5. The van der Waals surface area contributed by atoms with E-state index in [-0.39, 0.29) is 18.1 Å². The second-order valence-corrected chi connectivity index (χ2v) is 5.81. The van der Waals surface area contributed by atoms with Crippen LogP contribution in [0.3, 0.4) is 0 Å². The molecule has 0 spiro atoms. The summed E-state index contributed by atoms with van der Waals surface area (Å²) in [6.45, 7) is 2.38. The van der Waals surface area contributed by atoms with Gasteiger partial charge in [0.15, 0.2) is 5.03 Å². The number of rotatable bonds is 6. The molecule has 0 aliphatic carbocycles. The largest absolute Gasteiger partial charge is 0.468 e. The van der Waals surface area contributed by atoms with E-state index in [0.29, 0.717) is 17.9 Å². The topological polar surface area (TPSA) is 105 Å². The van der Waals surface area contributed by atoms with Crippen LogP contribution in [-0.4, -0.2) is 29.5 Å². The van der Waals surface area contributed by atoms with Gasteiger partial charge in [0, 0.05) is 18.7 Å². The second-order valence-electron chi connectivity index (χ2n) is 3.94.